The van der Waals surface area contributed by atoms with E-state index in [1.165, 1.54) is 76.6 Å². The fraction of sp³-hybridized carbons (Fsp3) is 0.0492. The van der Waals surface area contributed by atoms with Gasteiger partial charge in [0.15, 0.2) is 5.82 Å². The molecule has 4 heteroatoms. The molecule has 0 bridgehead atoms. The van der Waals surface area contributed by atoms with Gasteiger partial charge in [-0.25, -0.2) is 9.97 Å². The number of para-hydroxylation sites is 4. The quantitative estimate of drug-likeness (QED) is 0.177. The Morgan fingerprint density at radius 3 is 1.74 bits per heavy atom. The summed E-state index contributed by atoms with van der Waals surface area (Å²) in [4.78, 5) is 10.7. The fourth-order valence-corrected chi connectivity index (χ4v) is 11.2. The van der Waals surface area contributed by atoms with Crippen LogP contribution in [0.4, 0.5) is 0 Å². The normalized spacial score (nSPS) is 13.2. The number of hydrogen-bond acceptors (Lipinski definition) is 2. The Morgan fingerprint density at radius 2 is 0.969 bits per heavy atom. The second-order valence-electron chi connectivity index (χ2n) is 18.1. The van der Waals surface area contributed by atoms with Gasteiger partial charge in [0.25, 0.3) is 0 Å². The van der Waals surface area contributed by atoms with E-state index in [0.717, 1.165) is 55.7 Å². The molecule has 0 saturated heterocycles. The summed E-state index contributed by atoms with van der Waals surface area (Å²) < 4.78 is 4.87. The number of hydrogen-bond donors (Lipinski definition) is 0. The topological polar surface area (TPSA) is 35.6 Å². The van der Waals surface area contributed by atoms with E-state index in [0.29, 0.717) is 0 Å². The van der Waals surface area contributed by atoms with Crippen LogP contribution in [0.1, 0.15) is 25.0 Å². The van der Waals surface area contributed by atoms with E-state index < -0.39 is 0 Å². The summed E-state index contributed by atoms with van der Waals surface area (Å²) in [6.07, 6.45) is 0. The lowest BCUT2D eigenvalue weighted by Crippen LogP contribution is -2.15. The Hall–Kier alpha value is -8.34. The third-order valence-electron chi connectivity index (χ3n) is 14.3. The molecule has 1 aliphatic carbocycles. The predicted octanol–water partition coefficient (Wildman–Crippen LogP) is 15.8. The number of nitrogens with zero attached hydrogens (tertiary/aromatic N) is 4. The first-order chi connectivity index (χ1) is 32.0. The average molecular weight is 829 g/mol. The van der Waals surface area contributed by atoms with Crippen LogP contribution in [-0.4, -0.2) is 19.1 Å². The van der Waals surface area contributed by atoms with Crippen molar-refractivity contribution in [3.05, 3.63) is 217 Å². The maximum Gasteiger partial charge on any atom is 0.160 e. The second-order valence-corrected chi connectivity index (χ2v) is 18.1. The van der Waals surface area contributed by atoms with Crippen molar-refractivity contribution in [3.8, 4) is 45.1 Å². The van der Waals surface area contributed by atoms with E-state index in [1.54, 1.807) is 0 Å². The maximum atomic E-state index is 5.48. The largest absolute Gasteiger partial charge is 0.309 e. The van der Waals surface area contributed by atoms with Crippen LogP contribution in [0.5, 0.6) is 0 Å². The monoisotopic (exact) mass is 828 g/mol. The molecule has 4 nitrogen and oxygen atoms in total. The molecule has 0 radical (unpaired) electrons. The van der Waals surface area contributed by atoms with Crippen molar-refractivity contribution < 1.29 is 0 Å². The van der Waals surface area contributed by atoms with Gasteiger partial charge >= 0.3 is 0 Å². The second kappa shape index (κ2) is 13.3. The molecular weight excluding hydrogens is 789 g/mol. The zero-order chi connectivity index (χ0) is 43.0. The third kappa shape index (κ3) is 5.14. The van der Waals surface area contributed by atoms with Crippen molar-refractivity contribution >= 4 is 76.1 Å². The molecule has 0 atom stereocenters. The minimum Gasteiger partial charge on any atom is -0.309 e. The maximum absolute atomic E-state index is 5.48. The highest BCUT2D eigenvalue weighted by molar-refractivity contribution is 6.16. The summed E-state index contributed by atoms with van der Waals surface area (Å²) in [6, 6.07) is 75.4. The van der Waals surface area contributed by atoms with Crippen LogP contribution in [-0.2, 0) is 5.41 Å². The van der Waals surface area contributed by atoms with E-state index in [-0.39, 0.29) is 5.41 Å². The molecule has 14 rings (SSSR count). The van der Waals surface area contributed by atoms with Crippen molar-refractivity contribution in [1.82, 2.24) is 19.1 Å². The lowest BCUT2D eigenvalue weighted by Gasteiger charge is -2.22. The van der Waals surface area contributed by atoms with Crippen molar-refractivity contribution in [1.29, 1.82) is 0 Å². The van der Waals surface area contributed by atoms with Gasteiger partial charge in [0.05, 0.1) is 39.0 Å². The predicted molar refractivity (Wildman–Crippen MR) is 272 cm³/mol. The van der Waals surface area contributed by atoms with E-state index in [2.05, 4.69) is 229 Å². The lowest BCUT2D eigenvalue weighted by atomic mass is 9.82. The minimum atomic E-state index is -0.122. The van der Waals surface area contributed by atoms with Crippen LogP contribution in [0, 0.1) is 0 Å². The number of benzene rings is 10. The van der Waals surface area contributed by atoms with Gasteiger partial charge in [-0.3, -0.25) is 0 Å². The fourth-order valence-electron chi connectivity index (χ4n) is 11.2. The minimum absolute atomic E-state index is 0.122. The van der Waals surface area contributed by atoms with E-state index in [4.69, 9.17) is 9.97 Å². The average Bonchev–Trinajstić information content (AvgIpc) is 3.94. The molecule has 0 unspecified atom stereocenters. The molecule has 10 aromatic carbocycles. The van der Waals surface area contributed by atoms with Gasteiger partial charge in [-0.1, -0.05) is 159 Å². The van der Waals surface area contributed by atoms with Crippen molar-refractivity contribution in [2.45, 2.75) is 19.3 Å². The Bertz CT molecular complexity index is 4110. The molecule has 304 valence electrons. The molecule has 1 aliphatic rings. The molecule has 65 heavy (non-hydrogen) atoms. The first kappa shape index (κ1) is 36.2. The van der Waals surface area contributed by atoms with Crippen molar-refractivity contribution in [2.24, 2.45) is 0 Å². The van der Waals surface area contributed by atoms with Gasteiger partial charge in [0, 0.05) is 54.5 Å². The van der Waals surface area contributed by atoms with E-state index >= 15 is 0 Å². The Labute approximate surface area is 375 Å². The summed E-state index contributed by atoms with van der Waals surface area (Å²) in [6.45, 7) is 4.65. The molecular formula is C61H40N4. The highest BCUT2D eigenvalue weighted by Gasteiger charge is 2.35. The number of aromatic nitrogens is 4. The molecule has 0 aliphatic heterocycles. The smallest absolute Gasteiger partial charge is 0.160 e. The summed E-state index contributed by atoms with van der Waals surface area (Å²) in [5.74, 6) is 0.733. The highest BCUT2D eigenvalue weighted by atomic mass is 15.0. The van der Waals surface area contributed by atoms with Crippen LogP contribution >= 0.6 is 0 Å². The number of fused-ring (bicyclic) bond motifs is 12. The molecule has 0 spiro atoms. The Balaban J connectivity index is 0.946. The SMILES string of the molecule is CC1(C)c2ccccc2-c2ccc(-c3nc(-c4ccc(-n5c6ccccc6c6cc7cc(-n8c9ccccc9c9ccccc98)ccc7cc65)c5ccccc45)c4ccccc4n3)cc21. The first-order valence-corrected chi connectivity index (χ1v) is 22.5. The Kier molecular flexibility index (Phi) is 7.42. The zero-order valence-corrected chi connectivity index (χ0v) is 35.9. The molecule has 0 saturated carbocycles. The summed E-state index contributed by atoms with van der Waals surface area (Å²) >= 11 is 0. The zero-order valence-electron chi connectivity index (χ0n) is 35.9. The molecule has 3 heterocycles. The summed E-state index contributed by atoms with van der Waals surface area (Å²) in [5, 5.41) is 10.7. The lowest BCUT2D eigenvalue weighted by molar-refractivity contribution is 0.660. The molecule has 13 aromatic rings. The standard InChI is InChI=1S/C61H40N4/c1-61(2)51-22-10-5-16-42(51)43-30-28-38(35-52(43)61)60-62-53-23-11-6-21-49(53)59(63-60)48-31-32-57(44-17-4-3-15-41(44)48)65-56-26-14-9-20-47(56)50-34-39-33-40(29-27-37(39)36-58(50)65)64-54-24-12-7-18-45(54)46-19-8-13-25-55(46)64/h3-36H,1-2H3. The van der Waals surface area contributed by atoms with Gasteiger partial charge in [0.1, 0.15) is 0 Å². The molecule has 3 aromatic heterocycles. The van der Waals surface area contributed by atoms with Crippen LogP contribution in [0.25, 0.3) is 121 Å². The highest BCUT2D eigenvalue weighted by Crippen LogP contribution is 2.50. The summed E-state index contributed by atoms with van der Waals surface area (Å²) in [5.41, 5.74) is 16.2. The van der Waals surface area contributed by atoms with Gasteiger partial charge in [-0.05, 0) is 99.1 Å². The van der Waals surface area contributed by atoms with Crippen molar-refractivity contribution in [3.63, 3.8) is 0 Å². The van der Waals surface area contributed by atoms with Crippen LogP contribution < -0.4 is 0 Å². The van der Waals surface area contributed by atoms with Gasteiger partial charge in [-0.15, -0.1) is 0 Å². The van der Waals surface area contributed by atoms with Gasteiger partial charge in [-0.2, -0.15) is 0 Å². The Morgan fingerprint density at radius 1 is 0.369 bits per heavy atom. The molecule has 0 N–H and O–H groups in total. The van der Waals surface area contributed by atoms with Crippen molar-refractivity contribution in [2.75, 3.05) is 0 Å². The molecule has 0 fully saturated rings. The number of rotatable bonds is 4. The third-order valence-corrected chi connectivity index (χ3v) is 14.3. The van der Waals surface area contributed by atoms with E-state index in [9.17, 15) is 0 Å². The van der Waals surface area contributed by atoms with Crippen LogP contribution in [0.2, 0.25) is 0 Å². The van der Waals surface area contributed by atoms with E-state index in [1.807, 2.05) is 0 Å². The van der Waals surface area contributed by atoms with Gasteiger partial charge < -0.3 is 9.13 Å². The summed E-state index contributed by atoms with van der Waals surface area (Å²) in [7, 11) is 0. The van der Waals surface area contributed by atoms with Gasteiger partial charge in [0.2, 0.25) is 0 Å². The first-order valence-electron chi connectivity index (χ1n) is 22.5. The van der Waals surface area contributed by atoms with Crippen LogP contribution in [0.15, 0.2) is 206 Å². The molecule has 0 amide bonds. The van der Waals surface area contributed by atoms with Crippen LogP contribution in [0.3, 0.4) is 0 Å².